The summed E-state index contributed by atoms with van der Waals surface area (Å²) in [6, 6.07) is 19.3. The summed E-state index contributed by atoms with van der Waals surface area (Å²) in [6.07, 6.45) is 6.03. The van der Waals surface area contributed by atoms with E-state index in [4.69, 9.17) is 4.74 Å². The first kappa shape index (κ1) is 20.7. The summed E-state index contributed by atoms with van der Waals surface area (Å²) in [5.41, 5.74) is 4.79. The zero-order valence-corrected chi connectivity index (χ0v) is 17.6. The Morgan fingerprint density at radius 1 is 1.00 bits per heavy atom. The normalized spacial score (nSPS) is 20.3. The molecular formula is C26H28O3. The number of hydrogen-bond donors (Lipinski definition) is 0. The van der Waals surface area contributed by atoms with Gasteiger partial charge in [-0.15, -0.1) is 0 Å². The van der Waals surface area contributed by atoms with E-state index in [1.165, 1.54) is 23.8 Å². The lowest BCUT2D eigenvalue weighted by atomic mass is 9.68. The average molecular weight is 389 g/mol. The Kier molecular flexibility index (Phi) is 5.78. The number of carbonyl (C=O) groups is 1. The number of hydrogen-bond acceptors (Lipinski definition) is 3. The Morgan fingerprint density at radius 2 is 1.62 bits per heavy atom. The van der Waals surface area contributed by atoms with Crippen LogP contribution in [0.5, 0.6) is 0 Å². The number of rotatable bonds is 5. The van der Waals surface area contributed by atoms with Crippen LogP contribution in [0.3, 0.4) is 0 Å². The van der Waals surface area contributed by atoms with E-state index in [-0.39, 0.29) is 16.6 Å². The van der Waals surface area contributed by atoms with Gasteiger partial charge in [-0.3, -0.25) is 0 Å². The Hall–Kier alpha value is -3.07. The second kappa shape index (κ2) is 8.12. The molecule has 0 aromatic heterocycles. The van der Waals surface area contributed by atoms with Crippen LogP contribution in [-0.2, 0) is 20.3 Å². The minimum absolute atomic E-state index is 0.0219. The number of allylic oxidation sites excluding steroid dienone is 4. The van der Waals surface area contributed by atoms with Gasteiger partial charge in [0.05, 0.1) is 7.11 Å². The summed E-state index contributed by atoms with van der Waals surface area (Å²) in [6.45, 7) is 10.4. The molecule has 0 saturated heterocycles. The van der Waals surface area contributed by atoms with Crippen molar-refractivity contribution in [3.05, 3.63) is 107 Å². The van der Waals surface area contributed by atoms with Crippen LogP contribution in [0.25, 0.3) is 0 Å². The third-order valence-electron chi connectivity index (χ3n) is 5.72. The molecule has 0 N–H and O–H groups in total. The fraction of sp³-hybridized carbons (Fsp3) is 0.269. The summed E-state index contributed by atoms with van der Waals surface area (Å²) in [5.74, 6) is 0.241. The van der Waals surface area contributed by atoms with Gasteiger partial charge < -0.3 is 9.47 Å². The molecule has 3 nitrogen and oxygen atoms in total. The first-order valence-corrected chi connectivity index (χ1v) is 9.80. The number of benzene rings is 2. The van der Waals surface area contributed by atoms with Crippen LogP contribution in [0, 0.1) is 0 Å². The minimum Gasteiger partial charge on any atom is -0.437 e. The Bertz CT molecular complexity index is 966. The number of ether oxygens (including phenoxy) is 2. The van der Waals surface area contributed by atoms with Gasteiger partial charge in [0.2, 0.25) is 0 Å². The van der Waals surface area contributed by atoms with E-state index in [0.717, 1.165) is 12.0 Å². The molecule has 0 radical (unpaired) electrons. The summed E-state index contributed by atoms with van der Waals surface area (Å²) < 4.78 is 9.58. The first-order chi connectivity index (χ1) is 13.8. The van der Waals surface area contributed by atoms with Crippen molar-refractivity contribution in [3.63, 3.8) is 0 Å². The van der Waals surface area contributed by atoms with E-state index in [1.807, 2.05) is 19.1 Å². The number of methoxy groups -OCH3 is 1. The second-order valence-electron chi connectivity index (χ2n) is 7.98. The Labute approximate surface area is 173 Å². The van der Waals surface area contributed by atoms with Crippen LogP contribution in [0.1, 0.15) is 43.9 Å². The highest BCUT2D eigenvalue weighted by molar-refractivity contribution is 5.63. The highest BCUT2D eigenvalue weighted by Gasteiger charge is 2.49. The lowest BCUT2D eigenvalue weighted by molar-refractivity contribution is 0.100. The standard InChI is InChI=1S/C26H28O3/c1-6-20(17-16-19(2)29-24(27)28-5)26(21-12-8-7-9-13-21)18-25(3,4)22-14-10-11-15-23(22)26/h6-17H,2,18H2,1,3-5H3/b17-16-,20-6+. The highest BCUT2D eigenvalue weighted by atomic mass is 16.7. The third-order valence-corrected chi connectivity index (χ3v) is 5.72. The maximum absolute atomic E-state index is 11.4. The van der Waals surface area contributed by atoms with E-state index in [1.54, 1.807) is 6.08 Å². The van der Waals surface area contributed by atoms with Crippen LogP contribution >= 0.6 is 0 Å². The summed E-state index contributed by atoms with van der Waals surface area (Å²) in [5, 5.41) is 0. The molecule has 0 heterocycles. The largest absolute Gasteiger partial charge is 0.513 e. The van der Waals surface area contributed by atoms with Gasteiger partial charge in [0.25, 0.3) is 0 Å². The van der Waals surface area contributed by atoms with Gasteiger partial charge >= 0.3 is 6.16 Å². The highest BCUT2D eigenvalue weighted by Crippen LogP contribution is 2.56. The van der Waals surface area contributed by atoms with Crippen LogP contribution in [0.2, 0.25) is 0 Å². The SMILES string of the molecule is C=C(/C=C\C(=C/C)C1(c2ccccc2)CC(C)(C)c2ccccc21)OC(=O)OC. The van der Waals surface area contributed by atoms with Crippen molar-refractivity contribution in [2.75, 3.05) is 7.11 Å². The monoisotopic (exact) mass is 388 g/mol. The number of fused-ring (bicyclic) bond motifs is 1. The Balaban J connectivity index is 2.13. The molecule has 150 valence electrons. The van der Waals surface area contributed by atoms with Crippen molar-refractivity contribution in [1.82, 2.24) is 0 Å². The summed E-state index contributed by atoms with van der Waals surface area (Å²) >= 11 is 0. The van der Waals surface area contributed by atoms with Gasteiger partial charge in [-0.25, -0.2) is 4.79 Å². The van der Waals surface area contributed by atoms with E-state index in [0.29, 0.717) is 0 Å². The molecule has 2 aromatic carbocycles. The molecule has 1 atom stereocenters. The van der Waals surface area contributed by atoms with E-state index >= 15 is 0 Å². The van der Waals surface area contributed by atoms with Crippen molar-refractivity contribution < 1.29 is 14.3 Å². The predicted octanol–water partition coefficient (Wildman–Crippen LogP) is 6.45. The van der Waals surface area contributed by atoms with E-state index < -0.39 is 6.16 Å². The van der Waals surface area contributed by atoms with Crippen molar-refractivity contribution in [1.29, 1.82) is 0 Å². The predicted molar refractivity (Wildman–Crippen MR) is 117 cm³/mol. The third kappa shape index (κ3) is 3.77. The van der Waals surface area contributed by atoms with Gasteiger partial charge in [0, 0.05) is 5.41 Å². The quantitative estimate of drug-likeness (QED) is 0.335. The zero-order valence-electron chi connectivity index (χ0n) is 17.6. The molecule has 3 heteroatoms. The molecule has 0 bridgehead atoms. The van der Waals surface area contributed by atoms with Gasteiger partial charge in [-0.2, -0.15) is 0 Å². The molecule has 2 aromatic rings. The molecular weight excluding hydrogens is 360 g/mol. The first-order valence-electron chi connectivity index (χ1n) is 9.80. The average Bonchev–Trinajstić information content (AvgIpc) is 2.97. The molecule has 0 aliphatic heterocycles. The lowest BCUT2D eigenvalue weighted by Gasteiger charge is -2.34. The molecule has 29 heavy (non-hydrogen) atoms. The topological polar surface area (TPSA) is 35.5 Å². The van der Waals surface area contributed by atoms with Crippen molar-refractivity contribution in [2.24, 2.45) is 0 Å². The molecule has 0 saturated carbocycles. The van der Waals surface area contributed by atoms with Crippen LogP contribution in [0.4, 0.5) is 4.79 Å². The summed E-state index contributed by atoms with van der Waals surface area (Å²) in [7, 11) is 1.28. The summed E-state index contributed by atoms with van der Waals surface area (Å²) in [4.78, 5) is 11.4. The maximum atomic E-state index is 11.4. The number of carbonyl (C=O) groups excluding carboxylic acids is 1. The van der Waals surface area contributed by atoms with Crippen molar-refractivity contribution in [2.45, 2.75) is 38.0 Å². The fourth-order valence-corrected chi connectivity index (χ4v) is 4.55. The molecule has 0 fully saturated rings. The van der Waals surface area contributed by atoms with E-state index in [9.17, 15) is 4.79 Å². The smallest absolute Gasteiger partial charge is 0.437 e. The van der Waals surface area contributed by atoms with Crippen molar-refractivity contribution >= 4 is 6.16 Å². The van der Waals surface area contributed by atoms with E-state index in [2.05, 4.69) is 79.8 Å². The van der Waals surface area contributed by atoms with Gasteiger partial charge in [-0.05, 0) is 47.1 Å². The molecule has 0 amide bonds. The van der Waals surface area contributed by atoms with Crippen LogP contribution < -0.4 is 0 Å². The molecule has 1 unspecified atom stereocenters. The van der Waals surface area contributed by atoms with Gasteiger partial charge in [0.1, 0.15) is 5.76 Å². The second-order valence-corrected chi connectivity index (χ2v) is 7.98. The molecule has 0 spiro atoms. The van der Waals surface area contributed by atoms with Crippen LogP contribution in [-0.4, -0.2) is 13.3 Å². The van der Waals surface area contributed by atoms with Gasteiger partial charge in [-0.1, -0.05) is 87.2 Å². The minimum atomic E-state index is -0.771. The fourth-order valence-electron chi connectivity index (χ4n) is 4.55. The van der Waals surface area contributed by atoms with Crippen LogP contribution in [0.15, 0.2) is 90.7 Å². The molecule has 1 aliphatic rings. The lowest BCUT2D eigenvalue weighted by Crippen LogP contribution is -2.29. The molecule has 1 aliphatic carbocycles. The Morgan fingerprint density at radius 3 is 2.24 bits per heavy atom. The maximum Gasteiger partial charge on any atom is 0.513 e. The molecule has 3 rings (SSSR count). The zero-order chi connectivity index (χ0) is 21.1. The van der Waals surface area contributed by atoms with Gasteiger partial charge in [0.15, 0.2) is 0 Å². The van der Waals surface area contributed by atoms with Crippen molar-refractivity contribution in [3.8, 4) is 0 Å².